The van der Waals surface area contributed by atoms with Crippen LogP contribution in [0.3, 0.4) is 0 Å². The topological polar surface area (TPSA) is 74.3 Å². The van der Waals surface area contributed by atoms with Crippen LogP contribution in [0.4, 0.5) is 4.39 Å². The van der Waals surface area contributed by atoms with Crippen LogP contribution in [0, 0.1) is 5.82 Å². The van der Waals surface area contributed by atoms with E-state index in [1.54, 1.807) is 30.3 Å². The van der Waals surface area contributed by atoms with Crippen molar-refractivity contribution < 1.29 is 32.9 Å². The molecule has 3 rings (SSSR count). The molecule has 30 heavy (non-hydrogen) atoms. The van der Waals surface area contributed by atoms with Crippen molar-refractivity contribution in [3.05, 3.63) is 59.4 Å². The second-order valence-corrected chi connectivity index (χ2v) is 6.53. The molecule has 0 fully saturated rings. The van der Waals surface area contributed by atoms with E-state index in [0.29, 0.717) is 41.6 Å². The number of hydrogen-bond donors (Lipinski definition) is 0. The van der Waals surface area contributed by atoms with Gasteiger partial charge in [-0.15, -0.1) is 0 Å². The van der Waals surface area contributed by atoms with Gasteiger partial charge in [0.15, 0.2) is 18.1 Å². The number of benzene rings is 2. The zero-order valence-corrected chi connectivity index (χ0v) is 16.7. The molecule has 8 heteroatoms. The second kappa shape index (κ2) is 9.78. The average molecular weight is 415 g/mol. The number of fused-ring (bicyclic) bond motifs is 1. The largest absolute Gasteiger partial charge is 0.493 e. The molecule has 1 heterocycles. The maximum absolute atomic E-state index is 13.7. The summed E-state index contributed by atoms with van der Waals surface area (Å²) >= 11 is 0. The van der Waals surface area contributed by atoms with Crippen molar-refractivity contribution in [1.29, 1.82) is 0 Å². The van der Waals surface area contributed by atoms with E-state index in [0.717, 1.165) is 0 Å². The Morgan fingerprint density at radius 1 is 1.20 bits per heavy atom. The number of carbonyl (C=O) groups is 2. The summed E-state index contributed by atoms with van der Waals surface area (Å²) in [5, 5.41) is 0. The molecule has 1 amide bonds. The Labute approximate surface area is 173 Å². The van der Waals surface area contributed by atoms with Crippen molar-refractivity contribution in [2.45, 2.75) is 6.54 Å². The minimum absolute atomic E-state index is 0.0793. The Kier molecular flexibility index (Phi) is 6.90. The van der Waals surface area contributed by atoms with Crippen LogP contribution in [0.1, 0.15) is 11.1 Å². The summed E-state index contributed by atoms with van der Waals surface area (Å²) in [5.74, 6) is 0.0140. The highest BCUT2D eigenvalue weighted by Gasteiger charge is 2.18. The van der Waals surface area contributed by atoms with Gasteiger partial charge < -0.3 is 23.8 Å². The van der Waals surface area contributed by atoms with E-state index in [4.69, 9.17) is 18.9 Å². The van der Waals surface area contributed by atoms with E-state index in [-0.39, 0.29) is 6.54 Å². The first-order valence-corrected chi connectivity index (χ1v) is 9.27. The van der Waals surface area contributed by atoms with Gasteiger partial charge in [-0.2, -0.15) is 0 Å². The van der Waals surface area contributed by atoms with Gasteiger partial charge in [0.05, 0.1) is 7.11 Å². The molecule has 0 aromatic heterocycles. The van der Waals surface area contributed by atoms with Gasteiger partial charge in [0.2, 0.25) is 5.75 Å². The van der Waals surface area contributed by atoms with Crippen LogP contribution in [0.15, 0.2) is 42.5 Å². The van der Waals surface area contributed by atoms with Gasteiger partial charge in [-0.3, -0.25) is 4.79 Å². The van der Waals surface area contributed by atoms with Crippen LogP contribution < -0.4 is 14.2 Å². The Balaban J connectivity index is 1.54. The molecule has 0 unspecified atom stereocenters. The highest BCUT2D eigenvalue weighted by Crippen LogP contribution is 2.40. The SMILES string of the molecule is COc1cc(/C=C/C(=O)OCC(=O)N(C)Cc2ccccc2F)cc2c1OCCO2. The molecule has 0 aliphatic carbocycles. The first-order chi connectivity index (χ1) is 14.5. The minimum Gasteiger partial charge on any atom is -0.493 e. The number of likely N-dealkylation sites (N-methyl/N-ethyl adjacent to an activating group) is 1. The second-order valence-electron chi connectivity index (χ2n) is 6.53. The lowest BCUT2D eigenvalue weighted by molar-refractivity contribution is -0.147. The number of ether oxygens (including phenoxy) is 4. The third-order valence-electron chi connectivity index (χ3n) is 4.39. The van der Waals surface area contributed by atoms with Gasteiger partial charge in [-0.25, -0.2) is 9.18 Å². The predicted octanol–water partition coefficient (Wildman–Crippen LogP) is 2.82. The zero-order chi connectivity index (χ0) is 21.5. The van der Waals surface area contributed by atoms with E-state index in [2.05, 4.69) is 0 Å². The van der Waals surface area contributed by atoms with E-state index in [1.165, 1.54) is 37.3 Å². The van der Waals surface area contributed by atoms with Crippen LogP contribution in [-0.4, -0.2) is 50.8 Å². The maximum Gasteiger partial charge on any atom is 0.331 e. The number of esters is 1. The van der Waals surface area contributed by atoms with Gasteiger partial charge >= 0.3 is 5.97 Å². The fourth-order valence-electron chi connectivity index (χ4n) is 2.82. The molecule has 0 saturated heterocycles. The number of methoxy groups -OCH3 is 1. The van der Waals surface area contributed by atoms with E-state index < -0.39 is 24.3 Å². The summed E-state index contributed by atoms with van der Waals surface area (Å²) in [6, 6.07) is 9.60. The van der Waals surface area contributed by atoms with Crippen molar-refractivity contribution >= 4 is 18.0 Å². The number of carbonyl (C=O) groups excluding carboxylic acids is 2. The number of halogens is 1. The third-order valence-corrected chi connectivity index (χ3v) is 4.39. The molecular formula is C22H22FNO6. The van der Waals surface area contributed by atoms with Crippen LogP contribution in [0.25, 0.3) is 6.08 Å². The Morgan fingerprint density at radius 2 is 1.97 bits per heavy atom. The van der Waals surface area contributed by atoms with Gasteiger partial charge in [-0.1, -0.05) is 18.2 Å². The van der Waals surface area contributed by atoms with Gasteiger partial charge in [0.25, 0.3) is 5.91 Å². The third kappa shape index (κ3) is 5.28. The standard InChI is InChI=1S/C22H22FNO6/c1-24(13-16-5-3-4-6-17(16)23)20(25)14-30-21(26)8-7-15-11-18(27-2)22-19(12-15)28-9-10-29-22/h3-8,11-12H,9-10,13-14H2,1-2H3/b8-7+. The number of nitrogens with zero attached hydrogens (tertiary/aromatic N) is 1. The fraction of sp³-hybridized carbons (Fsp3) is 0.273. The smallest absolute Gasteiger partial charge is 0.331 e. The minimum atomic E-state index is -0.684. The quantitative estimate of drug-likeness (QED) is 0.512. The van der Waals surface area contributed by atoms with Crippen LogP contribution in [-0.2, 0) is 20.9 Å². The molecule has 158 valence electrons. The van der Waals surface area contributed by atoms with Gasteiger partial charge in [-0.05, 0) is 29.8 Å². The van der Waals surface area contributed by atoms with Crippen molar-refractivity contribution in [2.75, 3.05) is 34.0 Å². The predicted molar refractivity (Wildman–Crippen MR) is 107 cm³/mol. The summed E-state index contributed by atoms with van der Waals surface area (Å²) in [7, 11) is 3.03. The highest BCUT2D eigenvalue weighted by molar-refractivity contribution is 5.89. The molecule has 7 nitrogen and oxygen atoms in total. The lowest BCUT2D eigenvalue weighted by Crippen LogP contribution is -2.30. The summed E-state index contributed by atoms with van der Waals surface area (Å²) in [6.07, 6.45) is 2.73. The van der Waals surface area contributed by atoms with E-state index in [1.807, 2.05) is 0 Å². The van der Waals surface area contributed by atoms with Crippen molar-refractivity contribution in [1.82, 2.24) is 4.90 Å². The van der Waals surface area contributed by atoms with Crippen LogP contribution in [0.5, 0.6) is 17.2 Å². The molecule has 2 aromatic carbocycles. The molecule has 0 bridgehead atoms. The van der Waals surface area contributed by atoms with Gasteiger partial charge in [0, 0.05) is 25.2 Å². The number of hydrogen-bond acceptors (Lipinski definition) is 6. The lowest BCUT2D eigenvalue weighted by Gasteiger charge is -2.20. The fourth-order valence-corrected chi connectivity index (χ4v) is 2.82. The Morgan fingerprint density at radius 3 is 2.73 bits per heavy atom. The zero-order valence-electron chi connectivity index (χ0n) is 16.7. The molecule has 0 radical (unpaired) electrons. The first kappa shape index (κ1) is 21.2. The highest BCUT2D eigenvalue weighted by atomic mass is 19.1. The van der Waals surface area contributed by atoms with Crippen LogP contribution >= 0.6 is 0 Å². The Bertz CT molecular complexity index is 941. The summed E-state index contributed by atoms with van der Waals surface area (Å²) in [5.41, 5.74) is 1.03. The van der Waals surface area contributed by atoms with E-state index >= 15 is 0 Å². The van der Waals surface area contributed by atoms with Crippen molar-refractivity contribution in [2.24, 2.45) is 0 Å². The lowest BCUT2D eigenvalue weighted by atomic mass is 10.1. The molecule has 1 aliphatic rings. The summed E-state index contributed by atoms with van der Waals surface area (Å²) in [6.45, 7) is 0.493. The molecule has 0 spiro atoms. The molecule has 0 saturated carbocycles. The molecule has 2 aromatic rings. The van der Waals surface area contributed by atoms with Crippen LogP contribution in [0.2, 0.25) is 0 Å². The Hall–Kier alpha value is -3.55. The maximum atomic E-state index is 13.7. The molecular weight excluding hydrogens is 393 g/mol. The van der Waals surface area contributed by atoms with Gasteiger partial charge in [0.1, 0.15) is 19.0 Å². The molecule has 0 N–H and O–H groups in total. The monoisotopic (exact) mass is 415 g/mol. The summed E-state index contributed by atoms with van der Waals surface area (Å²) < 4.78 is 35.0. The number of amides is 1. The van der Waals surface area contributed by atoms with E-state index in [9.17, 15) is 14.0 Å². The normalized spacial score (nSPS) is 12.5. The number of rotatable bonds is 7. The summed E-state index contributed by atoms with van der Waals surface area (Å²) in [4.78, 5) is 25.4. The van der Waals surface area contributed by atoms with Crippen molar-refractivity contribution in [3.63, 3.8) is 0 Å². The van der Waals surface area contributed by atoms with Crippen molar-refractivity contribution in [3.8, 4) is 17.2 Å². The average Bonchev–Trinajstić information content (AvgIpc) is 2.76. The molecule has 1 aliphatic heterocycles. The first-order valence-electron chi connectivity index (χ1n) is 9.27. The molecule has 0 atom stereocenters.